The van der Waals surface area contributed by atoms with E-state index in [-0.39, 0.29) is 75.1 Å². The number of pyridine rings is 2. The van der Waals surface area contributed by atoms with E-state index in [2.05, 4.69) is 91.1 Å². The minimum Gasteiger partial charge on any atom is -0.462 e. The van der Waals surface area contributed by atoms with Gasteiger partial charge in [-0.25, -0.2) is 49.5 Å². The maximum Gasteiger partial charge on any atom is 0.410 e. The average molecular weight is 1620 g/mol. The van der Waals surface area contributed by atoms with Crippen LogP contribution < -0.4 is 47.0 Å². The molecule has 628 valence electrons. The van der Waals surface area contributed by atoms with Crippen molar-refractivity contribution in [2.24, 2.45) is 0 Å². The zero-order valence-corrected chi connectivity index (χ0v) is 69.6. The van der Waals surface area contributed by atoms with Crippen molar-refractivity contribution in [3.8, 4) is 23.0 Å². The van der Waals surface area contributed by atoms with E-state index in [4.69, 9.17) is 29.4 Å². The number of nitrogen functional groups attached to an aromatic ring is 1. The fourth-order valence-corrected chi connectivity index (χ4v) is 12.6. The molecule has 0 spiro atoms. The van der Waals surface area contributed by atoms with E-state index in [1.165, 1.54) is 0 Å². The summed E-state index contributed by atoms with van der Waals surface area (Å²) in [6.45, 7) is 34.9. The quantitative estimate of drug-likeness (QED) is 0.0176. The van der Waals surface area contributed by atoms with Crippen molar-refractivity contribution in [1.29, 1.82) is 0 Å². The van der Waals surface area contributed by atoms with Crippen LogP contribution in [-0.4, -0.2) is 198 Å². The van der Waals surface area contributed by atoms with Gasteiger partial charge in [0.1, 0.15) is 45.9 Å². The molecule has 118 heavy (non-hydrogen) atoms. The molecule has 3 atom stereocenters. The molecule has 0 saturated carbocycles. The third-order valence-electron chi connectivity index (χ3n) is 18.9. The van der Waals surface area contributed by atoms with Gasteiger partial charge in [0.05, 0.1) is 37.6 Å². The lowest BCUT2D eigenvalue weighted by Gasteiger charge is -2.37. The SMILES string of the molecule is C.CC[C@@H](C)OC(=O)Cc1cc(N)ccc1N1CCN(C(=O)OC(C)(C)C)CC1.CC[C@@H](C)OC(=O)Cc1cc(Nc2nccc(Nc3ccnc(-c4cccc(C)n4)n3)n2)ccc1N1CCN(C(=O)OC(C)(C)C)CC1.CC[C@@H](C)OC(=O)Cc1cc(Nc2nccc(Nc3ccnc(-c4cccc(C)n4)n3)n2)ccc1N1CCNCC1. The van der Waals surface area contributed by atoms with E-state index in [0.29, 0.717) is 122 Å². The molecule has 3 saturated heterocycles. The highest BCUT2D eigenvalue weighted by Gasteiger charge is 2.30. The first kappa shape index (κ1) is 89.5. The number of nitrogens with zero attached hydrogens (tertiary/aromatic N) is 15. The third kappa shape index (κ3) is 27.6. The Morgan fingerprint density at radius 1 is 0.432 bits per heavy atom. The van der Waals surface area contributed by atoms with Gasteiger partial charge >= 0.3 is 30.1 Å². The molecule has 3 aromatic carbocycles. The van der Waals surface area contributed by atoms with Gasteiger partial charge in [-0.3, -0.25) is 14.4 Å². The summed E-state index contributed by atoms with van der Waals surface area (Å²) in [5.41, 5.74) is 15.6. The summed E-state index contributed by atoms with van der Waals surface area (Å²) < 4.78 is 27.6. The topological polar surface area (TPSA) is 363 Å². The fraction of sp³-hybridized carbons (Fsp3) is 0.437. The maximum absolute atomic E-state index is 12.9. The molecule has 0 unspecified atom stereocenters. The summed E-state index contributed by atoms with van der Waals surface area (Å²) in [7, 11) is 0. The normalized spacial score (nSPS) is 14.2. The van der Waals surface area contributed by atoms with Gasteiger partial charge in [-0.05, 0) is 215 Å². The molecular formula is C87H115N21O10. The molecule has 0 aliphatic carbocycles. The number of nitrogens with two attached hydrogens (primary N) is 1. The molecule has 0 bridgehead atoms. The summed E-state index contributed by atoms with van der Waals surface area (Å²) in [4.78, 5) is 118. The third-order valence-corrected chi connectivity index (χ3v) is 18.9. The van der Waals surface area contributed by atoms with Crippen LogP contribution in [0, 0.1) is 13.8 Å². The van der Waals surface area contributed by atoms with Crippen LogP contribution in [0.25, 0.3) is 23.0 Å². The Morgan fingerprint density at radius 3 is 1.14 bits per heavy atom. The lowest BCUT2D eigenvalue weighted by atomic mass is 10.1. The molecule has 12 rings (SSSR count). The molecule has 31 heteroatoms. The molecule has 7 N–H and O–H groups in total. The zero-order valence-electron chi connectivity index (χ0n) is 69.6. The van der Waals surface area contributed by atoms with E-state index in [1.807, 2.05) is 188 Å². The second-order valence-electron chi connectivity index (χ2n) is 30.8. The number of benzene rings is 3. The monoisotopic (exact) mass is 1610 g/mol. The Morgan fingerprint density at radius 2 is 0.780 bits per heavy atom. The van der Waals surface area contributed by atoms with Crippen molar-refractivity contribution in [3.05, 3.63) is 168 Å². The fourth-order valence-electron chi connectivity index (χ4n) is 12.6. The number of anilines is 12. The lowest BCUT2D eigenvalue weighted by Crippen LogP contribution is -2.50. The van der Waals surface area contributed by atoms with Crippen molar-refractivity contribution < 1.29 is 47.7 Å². The minimum atomic E-state index is -0.557. The Kier molecular flexibility index (Phi) is 32.2. The van der Waals surface area contributed by atoms with Crippen LogP contribution in [0.4, 0.5) is 78.9 Å². The predicted molar refractivity (Wildman–Crippen MR) is 461 cm³/mol. The van der Waals surface area contributed by atoms with E-state index < -0.39 is 11.2 Å². The summed E-state index contributed by atoms with van der Waals surface area (Å²) in [5, 5.41) is 16.4. The highest BCUT2D eigenvalue weighted by atomic mass is 16.6. The Labute approximate surface area is 692 Å². The molecule has 3 aliphatic rings. The van der Waals surface area contributed by atoms with Gasteiger partial charge in [0.2, 0.25) is 11.9 Å². The molecule has 6 aromatic heterocycles. The van der Waals surface area contributed by atoms with Crippen molar-refractivity contribution >= 4 is 99.4 Å². The highest BCUT2D eigenvalue weighted by molar-refractivity contribution is 5.80. The number of carbonyl (C=O) groups is 5. The standard InChI is InChI=1S/C35H43N9O4.C30H35N9O2.C21H33N3O4.CH4/c1-7-24(3)47-31(45)22-25-21-26(11-12-28(25)43-17-19-44(20-18-43)34(46)48-35(4,5)6)39-33-37-16-14-30(42-33)40-29-13-15-36-32(41-29)27-10-8-9-23(2)38-27;1-4-21(3)41-28(40)19-22-18-23(8-9-25(22)39-16-14-31-15-17-39)35-30-33-13-11-27(38-30)36-26-10-12-32-29(37-26)24-7-5-6-20(2)34-24;1-6-15(2)27-19(25)14-16-13-17(22)7-8-18(16)23-9-11-24(12-10-23)20(26)28-21(3,4)5;/h8-16,21,24H,7,17-20,22H2,1-6H3,(H2,36,37,39,40,41,42);5-13,18,21,31H,4,14-17,19H2,1-3H3,(H2,32,33,35,36,37,38);7-8,13,15H,6,9-12,14,22H2,1-5H3;1H4/t24-;21-;15-;/m111./s1. The summed E-state index contributed by atoms with van der Waals surface area (Å²) >= 11 is 0. The van der Waals surface area contributed by atoms with Gasteiger partial charge in [0, 0.05) is 149 Å². The summed E-state index contributed by atoms with van der Waals surface area (Å²) in [6.07, 6.45) is 8.40. The Hall–Kier alpha value is -12.4. The molecular weight excluding hydrogens is 1500 g/mol. The smallest absolute Gasteiger partial charge is 0.410 e. The number of amides is 2. The highest BCUT2D eigenvalue weighted by Crippen LogP contribution is 2.33. The number of hydrogen-bond acceptors (Lipinski definition) is 29. The Balaban J connectivity index is 0.000000208. The summed E-state index contributed by atoms with van der Waals surface area (Å²) in [5.74, 6) is 3.25. The van der Waals surface area contributed by atoms with Crippen LogP contribution in [0.2, 0.25) is 0 Å². The molecule has 9 heterocycles. The van der Waals surface area contributed by atoms with Crippen LogP contribution in [0.1, 0.15) is 138 Å². The van der Waals surface area contributed by atoms with Crippen molar-refractivity contribution in [1.82, 2.24) is 65.0 Å². The van der Waals surface area contributed by atoms with Crippen LogP contribution in [0.5, 0.6) is 0 Å². The van der Waals surface area contributed by atoms with Crippen molar-refractivity contribution in [2.45, 2.75) is 172 Å². The molecule has 0 radical (unpaired) electrons. The zero-order chi connectivity index (χ0) is 83.8. The molecule has 3 aliphatic heterocycles. The first-order valence-electron chi connectivity index (χ1n) is 39.9. The van der Waals surface area contributed by atoms with Crippen LogP contribution >= 0.6 is 0 Å². The first-order valence-corrected chi connectivity index (χ1v) is 39.9. The van der Waals surface area contributed by atoms with Gasteiger partial charge in [-0.1, -0.05) is 40.3 Å². The Bertz CT molecular complexity index is 4830. The van der Waals surface area contributed by atoms with Crippen LogP contribution in [0.3, 0.4) is 0 Å². The minimum absolute atomic E-state index is 0. The average Bonchev–Trinajstić information content (AvgIpc) is 0.822. The number of rotatable bonds is 25. The van der Waals surface area contributed by atoms with Gasteiger partial charge in [-0.2, -0.15) is 9.97 Å². The van der Waals surface area contributed by atoms with Gasteiger partial charge in [-0.15, -0.1) is 0 Å². The van der Waals surface area contributed by atoms with Gasteiger partial charge < -0.3 is 80.5 Å². The van der Waals surface area contributed by atoms with Crippen LogP contribution in [-0.2, 0) is 57.3 Å². The van der Waals surface area contributed by atoms with Gasteiger partial charge in [0.25, 0.3) is 0 Å². The number of ether oxygens (including phenoxy) is 5. The number of carbonyl (C=O) groups excluding carboxylic acids is 5. The number of hydrogen-bond donors (Lipinski definition) is 6. The number of aromatic nitrogens is 10. The van der Waals surface area contributed by atoms with Crippen LogP contribution in [0.15, 0.2) is 140 Å². The van der Waals surface area contributed by atoms with E-state index >= 15 is 0 Å². The number of aryl methyl sites for hydroxylation is 2. The molecule has 3 fully saturated rings. The second kappa shape index (κ2) is 42.5. The molecule has 9 aromatic rings. The molecule has 31 nitrogen and oxygen atoms in total. The maximum atomic E-state index is 12.9. The van der Waals surface area contributed by atoms with Gasteiger partial charge in [0.15, 0.2) is 11.6 Å². The largest absolute Gasteiger partial charge is 0.462 e. The van der Waals surface area contributed by atoms with E-state index in [1.54, 1.807) is 58.9 Å². The second-order valence-corrected chi connectivity index (χ2v) is 30.8. The lowest BCUT2D eigenvalue weighted by molar-refractivity contribution is -0.148. The number of nitrogens with one attached hydrogen (secondary N) is 5. The molecule has 2 amide bonds. The number of piperazine rings is 3. The predicted octanol–water partition coefficient (Wildman–Crippen LogP) is 14.3. The van der Waals surface area contributed by atoms with E-state index in [0.717, 1.165) is 96.3 Å². The number of esters is 3. The van der Waals surface area contributed by atoms with Crippen molar-refractivity contribution in [2.75, 3.05) is 120 Å². The first-order chi connectivity index (χ1) is 56.0. The summed E-state index contributed by atoms with van der Waals surface area (Å²) in [6, 6.07) is 35.9. The van der Waals surface area contributed by atoms with E-state index in [9.17, 15) is 24.0 Å². The van der Waals surface area contributed by atoms with Crippen molar-refractivity contribution in [3.63, 3.8) is 0 Å².